The number of aromatic nitrogens is 1. The Labute approximate surface area is 106 Å². The molecule has 1 aliphatic carbocycles. The molecule has 2 rings (SSSR count). The SMILES string of the molecule is CN(Cc1cnc(N)s1)CC1(CO)CC1.Cl. The fourth-order valence-electron chi connectivity index (χ4n) is 1.83. The molecule has 92 valence electrons. The molecule has 6 heteroatoms. The second-order valence-corrected chi connectivity index (χ2v) is 5.64. The van der Waals surface area contributed by atoms with E-state index in [1.807, 2.05) is 6.20 Å². The van der Waals surface area contributed by atoms with Gasteiger partial charge in [0.1, 0.15) is 0 Å². The average Bonchev–Trinajstić information content (AvgIpc) is 2.84. The van der Waals surface area contributed by atoms with Crippen LogP contribution in [0.15, 0.2) is 6.20 Å². The first-order valence-corrected chi connectivity index (χ1v) is 5.95. The van der Waals surface area contributed by atoms with Crippen LogP contribution < -0.4 is 5.73 Å². The summed E-state index contributed by atoms with van der Waals surface area (Å²) < 4.78 is 0. The van der Waals surface area contributed by atoms with Crippen LogP contribution in [0.25, 0.3) is 0 Å². The smallest absolute Gasteiger partial charge is 0.180 e. The Hall–Kier alpha value is -0.360. The van der Waals surface area contributed by atoms with Gasteiger partial charge in [0.2, 0.25) is 0 Å². The van der Waals surface area contributed by atoms with Crippen LogP contribution in [-0.4, -0.2) is 35.2 Å². The zero-order chi connectivity index (χ0) is 10.9. The minimum Gasteiger partial charge on any atom is -0.396 e. The minimum absolute atomic E-state index is 0. The third-order valence-corrected chi connectivity index (χ3v) is 3.71. The predicted octanol–water partition coefficient (Wildman–Crippen LogP) is 1.35. The summed E-state index contributed by atoms with van der Waals surface area (Å²) in [5, 5.41) is 9.85. The lowest BCUT2D eigenvalue weighted by atomic mass is 10.1. The number of hydrogen-bond donors (Lipinski definition) is 2. The number of aliphatic hydroxyl groups excluding tert-OH is 1. The van der Waals surface area contributed by atoms with Gasteiger partial charge < -0.3 is 15.7 Å². The summed E-state index contributed by atoms with van der Waals surface area (Å²) in [6.45, 7) is 2.14. The van der Waals surface area contributed by atoms with E-state index in [4.69, 9.17) is 5.73 Å². The topological polar surface area (TPSA) is 62.4 Å². The number of nitrogens with zero attached hydrogens (tertiary/aromatic N) is 2. The van der Waals surface area contributed by atoms with Gasteiger partial charge in [0, 0.05) is 36.2 Å². The Bertz CT molecular complexity index is 341. The lowest BCUT2D eigenvalue weighted by Crippen LogP contribution is -2.28. The lowest BCUT2D eigenvalue weighted by molar-refractivity contribution is 0.161. The monoisotopic (exact) mass is 263 g/mol. The summed E-state index contributed by atoms with van der Waals surface area (Å²) in [7, 11) is 2.08. The first kappa shape index (κ1) is 13.7. The van der Waals surface area contributed by atoms with E-state index in [1.54, 1.807) is 0 Å². The van der Waals surface area contributed by atoms with E-state index < -0.39 is 0 Å². The number of nitrogens with two attached hydrogens (primary N) is 1. The van der Waals surface area contributed by atoms with Gasteiger partial charge in [-0.3, -0.25) is 0 Å². The van der Waals surface area contributed by atoms with E-state index in [0.29, 0.717) is 11.7 Å². The number of rotatable bonds is 5. The van der Waals surface area contributed by atoms with Crippen molar-refractivity contribution in [3.05, 3.63) is 11.1 Å². The van der Waals surface area contributed by atoms with Crippen molar-refractivity contribution in [1.82, 2.24) is 9.88 Å². The van der Waals surface area contributed by atoms with Gasteiger partial charge in [-0.1, -0.05) is 0 Å². The van der Waals surface area contributed by atoms with Gasteiger partial charge >= 0.3 is 0 Å². The van der Waals surface area contributed by atoms with E-state index >= 15 is 0 Å². The highest BCUT2D eigenvalue weighted by Crippen LogP contribution is 2.45. The van der Waals surface area contributed by atoms with Crippen molar-refractivity contribution in [2.24, 2.45) is 5.41 Å². The van der Waals surface area contributed by atoms with Crippen LogP contribution in [0.1, 0.15) is 17.7 Å². The summed E-state index contributed by atoms with van der Waals surface area (Å²) in [5.41, 5.74) is 5.75. The summed E-state index contributed by atoms with van der Waals surface area (Å²) in [6, 6.07) is 0. The Morgan fingerprint density at radius 2 is 2.31 bits per heavy atom. The van der Waals surface area contributed by atoms with E-state index in [-0.39, 0.29) is 17.8 Å². The van der Waals surface area contributed by atoms with Crippen LogP contribution in [-0.2, 0) is 6.54 Å². The Morgan fingerprint density at radius 3 is 2.75 bits per heavy atom. The molecule has 0 amide bonds. The number of aliphatic hydroxyl groups is 1. The fraction of sp³-hybridized carbons (Fsp3) is 0.700. The maximum atomic E-state index is 9.22. The molecule has 0 bridgehead atoms. The number of anilines is 1. The summed E-state index contributed by atoms with van der Waals surface area (Å²) in [5.74, 6) is 0. The van der Waals surface area contributed by atoms with Crippen molar-refractivity contribution in [1.29, 1.82) is 0 Å². The minimum atomic E-state index is 0. The quantitative estimate of drug-likeness (QED) is 0.842. The summed E-state index contributed by atoms with van der Waals surface area (Å²) in [6.07, 6.45) is 4.13. The average molecular weight is 264 g/mol. The van der Waals surface area contributed by atoms with Crippen molar-refractivity contribution in [2.75, 3.05) is 25.9 Å². The maximum absolute atomic E-state index is 9.22. The van der Waals surface area contributed by atoms with Gasteiger partial charge in [0.05, 0.1) is 0 Å². The maximum Gasteiger partial charge on any atom is 0.180 e. The molecule has 4 nitrogen and oxygen atoms in total. The number of nitrogen functional groups attached to an aromatic ring is 1. The Morgan fingerprint density at radius 1 is 1.62 bits per heavy atom. The molecule has 1 saturated carbocycles. The molecule has 0 spiro atoms. The summed E-state index contributed by atoms with van der Waals surface area (Å²) >= 11 is 1.53. The second-order valence-electron chi connectivity index (χ2n) is 4.50. The highest BCUT2D eigenvalue weighted by Gasteiger charge is 2.42. The molecule has 0 unspecified atom stereocenters. The first-order valence-electron chi connectivity index (χ1n) is 5.13. The normalized spacial score (nSPS) is 17.2. The molecule has 0 atom stereocenters. The molecule has 0 aliphatic heterocycles. The van der Waals surface area contributed by atoms with Crippen molar-refractivity contribution in [3.63, 3.8) is 0 Å². The van der Waals surface area contributed by atoms with Crippen LogP contribution >= 0.6 is 23.7 Å². The molecule has 1 aromatic heterocycles. The molecule has 0 saturated heterocycles. The third-order valence-electron chi connectivity index (χ3n) is 2.90. The molecule has 0 aromatic carbocycles. The molecular formula is C10H18ClN3OS. The third kappa shape index (κ3) is 3.31. The van der Waals surface area contributed by atoms with Crippen LogP contribution in [0.4, 0.5) is 5.13 Å². The predicted molar refractivity (Wildman–Crippen MR) is 68.9 cm³/mol. The second kappa shape index (κ2) is 5.31. The van der Waals surface area contributed by atoms with Gasteiger partial charge in [-0.05, 0) is 19.9 Å². The molecule has 1 heterocycles. The lowest BCUT2D eigenvalue weighted by Gasteiger charge is -2.21. The van der Waals surface area contributed by atoms with E-state index in [2.05, 4.69) is 16.9 Å². The zero-order valence-corrected chi connectivity index (χ0v) is 11.0. The van der Waals surface area contributed by atoms with Gasteiger partial charge in [-0.15, -0.1) is 23.7 Å². The van der Waals surface area contributed by atoms with E-state index in [0.717, 1.165) is 25.9 Å². The molecule has 0 radical (unpaired) electrons. The summed E-state index contributed by atoms with van der Waals surface area (Å²) in [4.78, 5) is 7.44. The molecule has 1 fully saturated rings. The number of thiazole rings is 1. The standard InChI is InChI=1S/C10H17N3OS.ClH/c1-13(6-10(7-14)2-3-10)5-8-4-12-9(11)15-8;/h4,14H,2-3,5-7H2,1H3,(H2,11,12);1H. The molecule has 1 aliphatic rings. The van der Waals surface area contributed by atoms with Gasteiger partial charge in [0.15, 0.2) is 5.13 Å². The van der Waals surface area contributed by atoms with Crippen molar-refractivity contribution >= 4 is 28.9 Å². The fourth-order valence-corrected chi connectivity index (χ4v) is 2.60. The molecular weight excluding hydrogens is 246 g/mol. The van der Waals surface area contributed by atoms with Crippen molar-refractivity contribution < 1.29 is 5.11 Å². The van der Waals surface area contributed by atoms with Crippen LogP contribution in [0.5, 0.6) is 0 Å². The van der Waals surface area contributed by atoms with E-state index in [9.17, 15) is 5.11 Å². The Balaban J connectivity index is 0.00000128. The van der Waals surface area contributed by atoms with Crippen LogP contribution in [0, 0.1) is 5.41 Å². The number of halogens is 1. The first-order chi connectivity index (χ1) is 7.13. The van der Waals surface area contributed by atoms with Crippen LogP contribution in [0.3, 0.4) is 0 Å². The van der Waals surface area contributed by atoms with Crippen molar-refractivity contribution in [3.8, 4) is 0 Å². The van der Waals surface area contributed by atoms with Gasteiger partial charge in [-0.25, -0.2) is 4.98 Å². The Kier molecular flexibility index (Phi) is 4.55. The highest BCUT2D eigenvalue weighted by molar-refractivity contribution is 7.15. The van der Waals surface area contributed by atoms with Gasteiger partial charge in [-0.2, -0.15) is 0 Å². The van der Waals surface area contributed by atoms with E-state index in [1.165, 1.54) is 16.2 Å². The largest absolute Gasteiger partial charge is 0.396 e. The van der Waals surface area contributed by atoms with Crippen LogP contribution in [0.2, 0.25) is 0 Å². The zero-order valence-electron chi connectivity index (χ0n) is 9.35. The molecule has 3 N–H and O–H groups in total. The number of hydrogen-bond acceptors (Lipinski definition) is 5. The molecule has 1 aromatic rings. The highest BCUT2D eigenvalue weighted by atomic mass is 35.5. The van der Waals surface area contributed by atoms with Crippen molar-refractivity contribution in [2.45, 2.75) is 19.4 Å². The molecule has 16 heavy (non-hydrogen) atoms. The van der Waals surface area contributed by atoms with Gasteiger partial charge in [0.25, 0.3) is 0 Å².